The number of sulfonamides is 2. The van der Waals surface area contributed by atoms with Gasteiger partial charge in [0.05, 0.1) is 16.1 Å². The largest absolute Gasteiger partial charge is 0.278 e. The lowest BCUT2D eigenvalue weighted by Gasteiger charge is -2.13. The average molecular weight is 474 g/mol. The summed E-state index contributed by atoms with van der Waals surface area (Å²) in [7, 11) is -8.36. The van der Waals surface area contributed by atoms with E-state index in [-0.39, 0.29) is 15.5 Å². The molecule has 1 amide bonds. The van der Waals surface area contributed by atoms with Crippen LogP contribution < -0.4 is 15.0 Å². The molecule has 0 bridgehead atoms. The number of thiophene rings is 1. The summed E-state index contributed by atoms with van der Waals surface area (Å²) in [4.78, 5) is 13.6. The second-order valence-electron chi connectivity index (χ2n) is 5.72. The van der Waals surface area contributed by atoms with E-state index in [2.05, 4.69) is 4.72 Å². The van der Waals surface area contributed by atoms with Crippen LogP contribution in [0.25, 0.3) is 0 Å². The first-order valence-corrected chi connectivity index (χ1v) is 11.9. The number of nitrogens with one attached hydrogen (secondary N) is 3. The highest BCUT2D eigenvalue weighted by atomic mass is 32.2. The molecule has 3 rings (SSSR count). The van der Waals surface area contributed by atoms with Crippen LogP contribution in [0, 0.1) is 11.6 Å². The van der Waals surface area contributed by atoms with Crippen LogP contribution in [0.3, 0.4) is 0 Å². The van der Waals surface area contributed by atoms with Crippen molar-refractivity contribution in [1.29, 1.82) is 0 Å². The summed E-state index contributed by atoms with van der Waals surface area (Å²) < 4.78 is 77.7. The van der Waals surface area contributed by atoms with E-state index in [4.69, 9.17) is 0 Å². The molecule has 0 spiro atoms. The molecule has 0 saturated heterocycles. The van der Waals surface area contributed by atoms with E-state index >= 15 is 0 Å². The summed E-state index contributed by atoms with van der Waals surface area (Å²) in [6, 6.07) is 10.3. The monoisotopic (exact) mass is 473 g/mol. The van der Waals surface area contributed by atoms with E-state index in [1.165, 1.54) is 30.3 Å². The quantitative estimate of drug-likeness (QED) is 0.455. The number of anilines is 1. The molecule has 1 aromatic heterocycles. The Bertz CT molecular complexity index is 1290. The second-order valence-corrected chi connectivity index (χ2v) is 10.3. The summed E-state index contributed by atoms with van der Waals surface area (Å²) in [6.45, 7) is 0. The van der Waals surface area contributed by atoms with Gasteiger partial charge in [0, 0.05) is 0 Å². The van der Waals surface area contributed by atoms with E-state index in [0.717, 1.165) is 17.4 Å². The highest BCUT2D eigenvalue weighted by molar-refractivity contribution is 7.94. The Kier molecular flexibility index (Phi) is 6.17. The van der Waals surface area contributed by atoms with Gasteiger partial charge in [-0.1, -0.05) is 18.2 Å². The maximum atomic E-state index is 13.3. The van der Waals surface area contributed by atoms with E-state index in [1.54, 1.807) is 16.3 Å². The Labute approximate surface area is 174 Å². The van der Waals surface area contributed by atoms with Crippen LogP contribution in [0.15, 0.2) is 69.1 Å². The van der Waals surface area contributed by atoms with Gasteiger partial charge in [-0.3, -0.25) is 14.9 Å². The Hall–Kier alpha value is -2.87. The van der Waals surface area contributed by atoms with Crippen molar-refractivity contribution in [2.45, 2.75) is 9.10 Å². The normalized spacial score (nSPS) is 11.8. The first kappa shape index (κ1) is 21.8. The molecule has 1 heterocycles. The third-order valence-corrected chi connectivity index (χ3v) is 7.68. The molecule has 3 aromatic rings. The molecule has 0 fully saturated rings. The summed E-state index contributed by atoms with van der Waals surface area (Å²) in [5.74, 6) is -3.59. The molecular weight excluding hydrogens is 460 g/mol. The lowest BCUT2D eigenvalue weighted by molar-refractivity contribution is 0.0946. The Morgan fingerprint density at radius 3 is 2.27 bits per heavy atom. The van der Waals surface area contributed by atoms with Crippen LogP contribution in [0.2, 0.25) is 0 Å². The lowest BCUT2D eigenvalue weighted by atomic mass is 10.2. The highest BCUT2D eigenvalue weighted by Crippen LogP contribution is 2.23. The van der Waals surface area contributed by atoms with Gasteiger partial charge in [0.25, 0.3) is 26.0 Å². The topological polar surface area (TPSA) is 121 Å². The second kappa shape index (κ2) is 8.47. The van der Waals surface area contributed by atoms with Crippen molar-refractivity contribution >= 4 is 43.0 Å². The molecule has 3 N–H and O–H groups in total. The number of hydrazine groups is 1. The van der Waals surface area contributed by atoms with Crippen molar-refractivity contribution < 1.29 is 30.4 Å². The zero-order chi connectivity index (χ0) is 21.9. The van der Waals surface area contributed by atoms with Crippen molar-refractivity contribution in [3.63, 3.8) is 0 Å². The molecule has 0 unspecified atom stereocenters. The maximum absolute atomic E-state index is 13.3. The molecule has 0 aliphatic rings. The molecule has 0 saturated carbocycles. The van der Waals surface area contributed by atoms with Crippen molar-refractivity contribution in [3.05, 3.63) is 77.2 Å². The number of carbonyl (C=O) groups is 1. The van der Waals surface area contributed by atoms with Gasteiger partial charge in [-0.25, -0.2) is 25.6 Å². The predicted octanol–water partition coefficient (Wildman–Crippen LogP) is 2.45. The number of carbonyl (C=O) groups excluding carboxylic acids is 1. The fourth-order valence-corrected chi connectivity index (χ4v) is 5.19. The van der Waals surface area contributed by atoms with Crippen LogP contribution in [0.1, 0.15) is 10.4 Å². The highest BCUT2D eigenvalue weighted by Gasteiger charge is 2.21. The number of hydrogen-bond acceptors (Lipinski definition) is 6. The van der Waals surface area contributed by atoms with Gasteiger partial charge in [0.1, 0.15) is 4.21 Å². The number of hydrogen-bond donors (Lipinski definition) is 3. The van der Waals surface area contributed by atoms with Crippen LogP contribution in [-0.4, -0.2) is 22.7 Å². The lowest BCUT2D eigenvalue weighted by Crippen LogP contribution is -2.41. The van der Waals surface area contributed by atoms with Crippen LogP contribution in [0.4, 0.5) is 14.5 Å². The number of rotatable bonds is 7. The van der Waals surface area contributed by atoms with Crippen molar-refractivity contribution in [3.8, 4) is 0 Å². The van der Waals surface area contributed by atoms with E-state index in [1.807, 2.05) is 5.43 Å². The number of halogens is 2. The predicted molar refractivity (Wildman–Crippen MR) is 106 cm³/mol. The minimum atomic E-state index is -4.41. The number of para-hydroxylation sites is 1. The standard InChI is InChI=1S/C17H13F2N3O5S3/c18-13-8-7-11(10-14(13)19)29(24,25)22-20-17(23)12-4-1-2-5-15(12)21-30(26,27)16-6-3-9-28-16/h1-10,21-22H,(H,20,23). The van der Waals surface area contributed by atoms with Gasteiger partial charge in [-0.05, 0) is 41.8 Å². The van der Waals surface area contributed by atoms with Gasteiger partial charge in [-0.15, -0.1) is 16.2 Å². The minimum absolute atomic E-state index is 0.0248. The summed E-state index contributed by atoms with van der Waals surface area (Å²) in [5.41, 5.74) is 1.64. The molecule has 8 nitrogen and oxygen atoms in total. The maximum Gasteiger partial charge on any atom is 0.271 e. The molecule has 0 radical (unpaired) electrons. The number of amides is 1. The fourth-order valence-electron chi connectivity index (χ4n) is 2.27. The molecule has 0 atom stereocenters. The Morgan fingerprint density at radius 1 is 0.867 bits per heavy atom. The van der Waals surface area contributed by atoms with E-state index in [0.29, 0.717) is 12.1 Å². The first-order chi connectivity index (χ1) is 14.1. The minimum Gasteiger partial charge on any atom is -0.278 e. The number of benzene rings is 2. The van der Waals surface area contributed by atoms with Gasteiger partial charge in [-0.2, -0.15) is 0 Å². The van der Waals surface area contributed by atoms with Crippen LogP contribution in [0.5, 0.6) is 0 Å². The van der Waals surface area contributed by atoms with Crippen molar-refractivity contribution in [2.24, 2.45) is 0 Å². The summed E-state index contributed by atoms with van der Waals surface area (Å²) in [6.07, 6.45) is 0. The zero-order valence-corrected chi connectivity index (χ0v) is 17.2. The van der Waals surface area contributed by atoms with E-state index < -0.39 is 42.5 Å². The molecule has 2 aromatic carbocycles. The van der Waals surface area contributed by atoms with Crippen LogP contribution in [-0.2, 0) is 20.0 Å². The van der Waals surface area contributed by atoms with Crippen molar-refractivity contribution in [2.75, 3.05) is 4.72 Å². The van der Waals surface area contributed by atoms with E-state index in [9.17, 15) is 30.4 Å². The molecule has 0 aliphatic heterocycles. The molecular formula is C17H13F2N3O5S3. The summed E-state index contributed by atoms with van der Waals surface area (Å²) in [5, 5.41) is 1.57. The fraction of sp³-hybridized carbons (Fsp3) is 0. The zero-order valence-electron chi connectivity index (χ0n) is 14.8. The van der Waals surface area contributed by atoms with Gasteiger partial charge >= 0.3 is 0 Å². The molecule has 30 heavy (non-hydrogen) atoms. The van der Waals surface area contributed by atoms with Gasteiger partial charge in [0.2, 0.25) is 0 Å². The smallest absolute Gasteiger partial charge is 0.271 e. The Morgan fingerprint density at radius 2 is 1.60 bits per heavy atom. The third-order valence-electron chi connectivity index (χ3n) is 3.68. The summed E-state index contributed by atoms with van der Waals surface area (Å²) >= 11 is 0.977. The average Bonchev–Trinajstić information content (AvgIpc) is 3.24. The van der Waals surface area contributed by atoms with Gasteiger partial charge < -0.3 is 0 Å². The van der Waals surface area contributed by atoms with Gasteiger partial charge in [0.15, 0.2) is 11.6 Å². The molecule has 13 heteroatoms. The molecule has 158 valence electrons. The first-order valence-electron chi connectivity index (χ1n) is 8.03. The third kappa shape index (κ3) is 4.81. The Balaban J connectivity index is 1.79. The molecule has 0 aliphatic carbocycles. The SMILES string of the molecule is O=C(NNS(=O)(=O)c1ccc(F)c(F)c1)c1ccccc1NS(=O)(=O)c1cccs1. The van der Waals surface area contributed by atoms with Crippen molar-refractivity contribution in [1.82, 2.24) is 10.3 Å². The van der Waals surface area contributed by atoms with Crippen LogP contribution >= 0.6 is 11.3 Å².